The van der Waals surface area contributed by atoms with Crippen LogP contribution in [0.15, 0.2) is 6.07 Å². The molecule has 2 aliphatic rings. The van der Waals surface area contributed by atoms with Gasteiger partial charge in [-0.3, -0.25) is 19.9 Å². The number of likely N-dealkylation sites (tertiary alicyclic amines) is 2. The number of hydrogen-bond donors (Lipinski definition) is 0. The Morgan fingerprint density at radius 2 is 1.79 bits per heavy atom. The topological polar surface area (TPSA) is 81.0 Å². The first-order chi connectivity index (χ1) is 11.5. The van der Waals surface area contributed by atoms with Gasteiger partial charge in [0.1, 0.15) is 18.9 Å². The van der Waals surface area contributed by atoms with Crippen LogP contribution in [0.4, 0.5) is 5.69 Å². The third kappa shape index (κ3) is 3.44. The third-order valence-electron chi connectivity index (χ3n) is 5.04. The minimum Gasteiger partial charge on any atom is -0.486 e. The van der Waals surface area contributed by atoms with Crippen molar-refractivity contribution in [2.45, 2.75) is 31.8 Å². The molecule has 3 rings (SSSR count). The molecule has 3 heterocycles. The van der Waals surface area contributed by atoms with Crippen molar-refractivity contribution < 1.29 is 14.4 Å². The second kappa shape index (κ2) is 6.90. The quantitative estimate of drug-likeness (QED) is 0.551. The number of aromatic nitrogens is 1. The average Bonchev–Trinajstić information content (AvgIpc) is 2.53. The molecule has 0 aliphatic carbocycles. The molecule has 0 unspecified atom stereocenters. The zero-order valence-electron chi connectivity index (χ0n) is 14.4. The van der Waals surface area contributed by atoms with E-state index < -0.39 is 4.92 Å². The van der Waals surface area contributed by atoms with Gasteiger partial charge in [-0.1, -0.05) is 0 Å². The molecule has 24 heavy (non-hydrogen) atoms. The molecule has 2 saturated heterocycles. The Labute approximate surface area is 141 Å². The summed E-state index contributed by atoms with van der Waals surface area (Å²) < 4.78 is 11.6. The number of nitrogens with zero attached hydrogens (tertiary/aromatic N) is 4. The van der Waals surface area contributed by atoms with Gasteiger partial charge in [0.2, 0.25) is 0 Å². The Bertz CT molecular complexity index is 624. The Morgan fingerprint density at radius 1 is 1.21 bits per heavy atom. The molecule has 0 amide bonds. The molecule has 0 radical (unpaired) electrons. The summed E-state index contributed by atoms with van der Waals surface area (Å²) in [6.07, 6.45) is 2.16. The van der Waals surface area contributed by atoms with E-state index in [0.717, 1.165) is 25.9 Å². The van der Waals surface area contributed by atoms with Gasteiger partial charge in [0.15, 0.2) is 5.75 Å². The molecular weight excluding hydrogens is 312 g/mol. The van der Waals surface area contributed by atoms with Crippen molar-refractivity contribution in [3.05, 3.63) is 21.9 Å². The number of aryl methyl sites for hydroxylation is 1. The van der Waals surface area contributed by atoms with Crippen molar-refractivity contribution in [1.29, 1.82) is 0 Å². The molecule has 1 aromatic rings. The Hall–Kier alpha value is -1.93. The molecule has 0 spiro atoms. The summed E-state index contributed by atoms with van der Waals surface area (Å²) in [5, 5.41) is 11.2. The lowest BCUT2D eigenvalue weighted by Crippen LogP contribution is -2.48. The van der Waals surface area contributed by atoms with Crippen LogP contribution in [0.2, 0.25) is 0 Å². The molecule has 8 nitrogen and oxygen atoms in total. The molecule has 2 fully saturated rings. The standard InChI is InChI=1S/C16H24N4O4/c1-11-14(20(21)22)8-15(23-9-12-4-6-18(12)2)16(17-11)24-10-13-5-7-19(13)3/h8,12-13H,4-7,9-10H2,1-3H3/t12-,13-/m0/s1. The summed E-state index contributed by atoms with van der Waals surface area (Å²) in [5.74, 6) is 0.704. The predicted octanol–water partition coefficient (Wildman–Crippen LogP) is 1.46. The van der Waals surface area contributed by atoms with Crippen LogP contribution in [0.25, 0.3) is 0 Å². The SMILES string of the molecule is Cc1nc(OC[C@@H]2CCN2C)c(OC[C@@H]2CCN2C)cc1[N+](=O)[O-]. The van der Waals surface area contributed by atoms with Gasteiger partial charge < -0.3 is 9.47 Å². The van der Waals surface area contributed by atoms with E-state index in [9.17, 15) is 10.1 Å². The van der Waals surface area contributed by atoms with Crippen LogP contribution in [0.3, 0.4) is 0 Å². The minimum atomic E-state index is -0.436. The van der Waals surface area contributed by atoms with Crippen molar-refractivity contribution in [2.24, 2.45) is 0 Å². The summed E-state index contributed by atoms with van der Waals surface area (Å²) in [6.45, 7) is 4.73. The second-order valence-corrected chi connectivity index (χ2v) is 6.62. The first-order valence-electron chi connectivity index (χ1n) is 8.28. The number of likely N-dealkylation sites (N-methyl/N-ethyl adjacent to an activating group) is 2. The highest BCUT2D eigenvalue weighted by Crippen LogP contribution is 2.33. The smallest absolute Gasteiger partial charge is 0.294 e. The van der Waals surface area contributed by atoms with E-state index in [2.05, 4.69) is 21.8 Å². The van der Waals surface area contributed by atoms with E-state index in [4.69, 9.17) is 9.47 Å². The highest BCUT2D eigenvalue weighted by molar-refractivity contribution is 5.47. The van der Waals surface area contributed by atoms with Crippen LogP contribution in [0.1, 0.15) is 18.5 Å². The number of nitro groups is 1. The molecule has 0 aromatic carbocycles. The van der Waals surface area contributed by atoms with Crippen LogP contribution < -0.4 is 9.47 Å². The molecule has 2 atom stereocenters. The van der Waals surface area contributed by atoms with Gasteiger partial charge in [0.25, 0.3) is 11.6 Å². The molecule has 0 saturated carbocycles. The lowest BCUT2D eigenvalue weighted by molar-refractivity contribution is -0.385. The summed E-state index contributed by atoms with van der Waals surface area (Å²) in [6, 6.07) is 2.14. The Balaban J connectivity index is 1.73. The van der Waals surface area contributed by atoms with E-state index in [1.54, 1.807) is 6.92 Å². The fourth-order valence-corrected chi connectivity index (χ4v) is 2.87. The van der Waals surface area contributed by atoms with Gasteiger partial charge in [-0.05, 0) is 47.0 Å². The fourth-order valence-electron chi connectivity index (χ4n) is 2.87. The maximum Gasteiger partial charge on any atom is 0.294 e. The maximum absolute atomic E-state index is 11.2. The lowest BCUT2D eigenvalue weighted by atomic mass is 10.1. The predicted molar refractivity (Wildman–Crippen MR) is 88.7 cm³/mol. The largest absolute Gasteiger partial charge is 0.486 e. The summed E-state index contributed by atoms with van der Waals surface area (Å²) in [4.78, 5) is 19.4. The van der Waals surface area contributed by atoms with E-state index in [0.29, 0.717) is 42.6 Å². The highest BCUT2D eigenvalue weighted by atomic mass is 16.6. The zero-order chi connectivity index (χ0) is 17.3. The number of pyridine rings is 1. The number of hydrogen-bond acceptors (Lipinski definition) is 7. The van der Waals surface area contributed by atoms with Crippen LogP contribution in [0.5, 0.6) is 11.6 Å². The van der Waals surface area contributed by atoms with Crippen LogP contribution in [0, 0.1) is 17.0 Å². The number of ether oxygens (including phenoxy) is 2. The molecule has 8 heteroatoms. The molecular formula is C16H24N4O4. The first kappa shape index (κ1) is 16.9. The maximum atomic E-state index is 11.2. The lowest BCUT2D eigenvalue weighted by Gasteiger charge is -2.38. The van der Waals surface area contributed by atoms with Gasteiger partial charge in [0, 0.05) is 12.1 Å². The van der Waals surface area contributed by atoms with Crippen molar-refractivity contribution in [2.75, 3.05) is 40.4 Å². The van der Waals surface area contributed by atoms with Crippen molar-refractivity contribution in [1.82, 2.24) is 14.8 Å². The van der Waals surface area contributed by atoms with Crippen LogP contribution >= 0.6 is 0 Å². The molecule has 132 valence electrons. The molecule has 0 bridgehead atoms. The molecule has 2 aliphatic heterocycles. The highest BCUT2D eigenvalue weighted by Gasteiger charge is 2.28. The molecule has 1 aromatic heterocycles. The minimum absolute atomic E-state index is 0.0416. The van der Waals surface area contributed by atoms with E-state index >= 15 is 0 Å². The first-order valence-corrected chi connectivity index (χ1v) is 8.28. The van der Waals surface area contributed by atoms with Gasteiger partial charge >= 0.3 is 0 Å². The van der Waals surface area contributed by atoms with Gasteiger partial charge in [0.05, 0.1) is 11.0 Å². The Kier molecular flexibility index (Phi) is 4.86. The molecule has 0 N–H and O–H groups in total. The third-order valence-corrected chi connectivity index (χ3v) is 5.04. The van der Waals surface area contributed by atoms with Crippen molar-refractivity contribution >= 4 is 5.69 Å². The Morgan fingerprint density at radius 3 is 2.25 bits per heavy atom. The second-order valence-electron chi connectivity index (χ2n) is 6.62. The van der Waals surface area contributed by atoms with Crippen molar-refractivity contribution in [3.63, 3.8) is 0 Å². The number of rotatable bonds is 7. The summed E-state index contributed by atoms with van der Waals surface area (Å²) in [7, 11) is 4.09. The zero-order valence-corrected chi connectivity index (χ0v) is 14.4. The van der Waals surface area contributed by atoms with Gasteiger partial charge in [-0.2, -0.15) is 0 Å². The van der Waals surface area contributed by atoms with E-state index in [-0.39, 0.29) is 5.69 Å². The average molecular weight is 336 g/mol. The summed E-state index contributed by atoms with van der Waals surface area (Å²) in [5.41, 5.74) is 0.296. The summed E-state index contributed by atoms with van der Waals surface area (Å²) >= 11 is 0. The fraction of sp³-hybridized carbons (Fsp3) is 0.688. The van der Waals surface area contributed by atoms with Crippen molar-refractivity contribution in [3.8, 4) is 11.6 Å². The monoisotopic (exact) mass is 336 g/mol. The van der Waals surface area contributed by atoms with E-state index in [1.165, 1.54) is 6.07 Å². The van der Waals surface area contributed by atoms with Gasteiger partial charge in [-0.25, -0.2) is 4.98 Å². The van der Waals surface area contributed by atoms with E-state index in [1.807, 2.05) is 7.05 Å². The normalized spacial score (nSPS) is 24.1. The van der Waals surface area contributed by atoms with Crippen LogP contribution in [-0.4, -0.2) is 72.2 Å². The van der Waals surface area contributed by atoms with Gasteiger partial charge in [-0.15, -0.1) is 0 Å². The van der Waals surface area contributed by atoms with Crippen LogP contribution in [-0.2, 0) is 0 Å².